The Morgan fingerprint density at radius 2 is 1.80 bits per heavy atom. The highest BCUT2D eigenvalue weighted by atomic mass is 15.2. The van der Waals surface area contributed by atoms with Crippen molar-refractivity contribution in [1.82, 2.24) is 9.97 Å². The van der Waals surface area contributed by atoms with Crippen LogP contribution in [0.3, 0.4) is 0 Å². The lowest BCUT2D eigenvalue weighted by molar-refractivity contribution is 0.310. The molecule has 4 heteroatoms. The molecule has 0 aromatic carbocycles. The van der Waals surface area contributed by atoms with Crippen molar-refractivity contribution in [3.05, 3.63) is 11.9 Å². The summed E-state index contributed by atoms with van der Waals surface area (Å²) in [7, 11) is 1.92. The van der Waals surface area contributed by atoms with Gasteiger partial charge in [0.15, 0.2) is 0 Å². The Hall–Kier alpha value is -1.32. The van der Waals surface area contributed by atoms with E-state index in [1.54, 1.807) is 0 Å². The summed E-state index contributed by atoms with van der Waals surface area (Å²) in [6, 6.07) is 2.07. The highest BCUT2D eigenvalue weighted by molar-refractivity contribution is 5.49. The summed E-state index contributed by atoms with van der Waals surface area (Å²) in [5, 5.41) is 3.15. The second-order valence-corrected chi connectivity index (χ2v) is 6.44. The Labute approximate surface area is 123 Å². The van der Waals surface area contributed by atoms with E-state index in [1.807, 2.05) is 7.05 Å². The Morgan fingerprint density at radius 3 is 2.30 bits per heavy atom. The molecule has 0 saturated carbocycles. The SMILES string of the molecule is CNc1cc(N2CCC(C(C)C)CC2)nc(C(C)C)n1. The maximum atomic E-state index is 4.75. The number of rotatable bonds is 4. The molecule has 1 aromatic rings. The average molecular weight is 276 g/mol. The van der Waals surface area contributed by atoms with Crippen molar-refractivity contribution >= 4 is 11.6 Å². The van der Waals surface area contributed by atoms with Gasteiger partial charge in [-0.3, -0.25) is 0 Å². The van der Waals surface area contributed by atoms with Gasteiger partial charge in [0.1, 0.15) is 17.5 Å². The molecule has 1 aliphatic rings. The maximum absolute atomic E-state index is 4.75. The molecule has 0 radical (unpaired) electrons. The molecule has 0 aliphatic carbocycles. The molecule has 112 valence electrons. The predicted octanol–water partition coefficient (Wildman–Crippen LogP) is 3.51. The zero-order chi connectivity index (χ0) is 14.7. The zero-order valence-electron chi connectivity index (χ0n) is 13.5. The van der Waals surface area contributed by atoms with Gasteiger partial charge in [-0.2, -0.15) is 0 Å². The van der Waals surface area contributed by atoms with Crippen LogP contribution in [0, 0.1) is 11.8 Å². The van der Waals surface area contributed by atoms with Crippen molar-refractivity contribution < 1.29 is 0 Å². The smallest absolute Gasteiger partial charge is 0.135 e. The first-order valence-corrected chi connectivity index (χ1v) is 7.83. The van der Waals surface area contributed by atoms with E-state index in [0.717, 1.165) is 42.4 Å². The van der Waals surface area contributed by atoms with Gasteiger partial charge in [0.2, 0.25) is 0 Å². The third kappa shape index (κ3) is 3.41. The van der Waals surface area contributed by atoms with Crippen LogP contribution in [0.1, 0.15) is 52.3 Å². The minimum atomic E-state index is 0.357. The Bertz CT molecular complexity index is 434. The van der Waals surface area contributed by atoms with Gasteiger partial charge in [0, 0.05) is 32.1 Å². The molecule has 1 aromatic heterocycles. The molecule has 0 atom stereocenters. The monoisotopic (exact) mass is 276 g/mol. The van der Waals surface area contributed by atoms with Gasteiger partial charge in [-0.15, -0.1) is 0 Å². The van der Waals surface area contributed by atoms with E-state index in [4.69, 9.17) is 4.98 Å². The van der Waals surface area contributed by atoms with Crippen molar-refractivity contribution in [2.75, 3.05) is 30.4 Å². The minimum Gasteiger partial charge on any atom is -0.373 e. The van der Waals surface area contributed by atoms with Crippen LogP contribution in [0.15, 0.2) is 6.07 Å². The molecule has 0 unspecified atom stereocenters. The van der Waals surface area contributed by atoms with Crippen molar-refractivity contribution in [2.24, 2.45) is 11.8 Å². The fourth-order valence-electron chi connectivity index (χ4n) is 2.80. The maximum Gasteiger partial charge on any atom is 0.135 e. The van der Waals surface area contributed by atoms with Crippen LogP contribution in [0.25, 0.3) is 0 Å². The lowest BCUT2D eigenvalue weighted by atomic mass is 9.87. The van der Waals surface area contributed by atoms with Crippen LogP contribution in [0.4, 0.5) is 11.6 Å². The highest BCUT2D eigenvalue weighted by Gasteiger charge is 2.23. The van der Waals surface area contributed by atoms with E-state index in [2.05, 4.69) is 49.0 Å². The third-order valence-corrected chi connectivity index (χ3v) is 4.31. The number of piperidine rings is 1. The molecule has 2 heterocycles. The van der Waals surface area contributed by atoms with Gasteiger partial charge in [0.05, 0.1) is 0 Å². The van der Waals surface area contributed by atoms with Crippen molar-refractivity contribution in [2.45, 2.75) is 46.5 Å². The quantitative estimate of drug-likeness (QED) is 0.913. The average Bonchev–Trinajstić information content (AvgIpc) is 2.46. The van der Waals surface area contributed by atoms with Gasteiger partial charge < -0.3 is 10.2 Å². The van der Waals surface area contributed by atoms with Crippen LogP contribution >= 0.6 is 0 Å². The summed E-state index contributed by atoms with van der Waals surface area (Å²) in [4.78, 5) is 11.7. The van der Waals surface area contributed by atoms with Crippen molar-refractivity contribution in [1.29, 1.82) is 0 Å². The molecular formula is C16H28N4. The third-order valence-electron chi connectivity index (χ3n) is 4.31. The van der Waals surface area contributed by atoms with Crippen molar-refractivity contribution in [3.63, 3.8) is 0 Å². The summed E-state index contributed by atoms with van der Waals surface area (Å²) < 4.78 is 0. The van der Waals surface area contributed by atoms with Crippen LogP contribution in [0.5, 0.6) is 0 Å². The Kier molecular flexibility index (Phi) is 4.84. The van der Waals surface area contributed by atoms with E-state index < -0.39 is 0 Å². The van der Waals surface area contributed by atoms with E-state index in [-0.39, 0.29) is 0 Å². The number of aromatic nitrogens is 2. The molecule has 2 rings (SSSR count). The predicted molar refractivity (Wildman–Crippen MR) is 85.4 cm³/mol. The first-order chi connectivity index (χ1) is 9.51. The van der Waals surface area contributed by atoms with Crippen LogP contribution in [-0.4, -0.2) is 30.1 Å². The van der Waals surface area contributed by atoms with Crippen LogP contribution in [-0.2, 0) is 0 Å². The van der Waals surface area contributed by atoms with Gasteiger partial charge in [-0.25, -0.2) is 9.97 Å². The zero-order valence-corrected chi connectivity index (χ0v) is 13.5. The lowest BCUT2D eigenvalue weighted by Crippen LogP contribution is -2.36. The number of nitrogens with one attached hydrogen (secondary N) is 1. The summed E-state index contributed by atoms with van der Waals surface area (Å²) >= 11 is 0. The largest absolute Gasteiger partial charge is 0.373 e. The fraction of sp³-hybridized carbons (Fsp3) is 0.750. The first-order valence-electron chi connectivity index (χ1n) is 7.83. The second kappa shape index (κ2) is 6.42. The molecule has 0 bridgehead atoms. The normalized spacial score (nSPS) is 17.1. The van der Waals surface area contributed by atoms with Gasteiger partial charge >= 0.3 is 0 Å². The standard InChI is InChI=1S/C16H28N4/c1-11(2)13-6-8-20(9-7-13)15-10-14(17-5)18-16(19-15)12(3)4/h10-13H,6-9H2,1-5H3,(H,17,18,19). The van der Waals surface area contributed by atoms with Gasteiger partial charge in [-0.1, -0.05) is 27.7 Å². The molecule has 1 N–H and O–H groups in total. The molecule has 1 saturated heterocycles. The molecule has 1 fully saturated rings. The molecule has 0 spiro atoms. The van der Waals surface area contributed by atoms with Gasteiger partial charge in [0.25, 0.3) is 0 Å². The Balaban J connectivity index is 2.15. The van der Waals surface area contributed by atoms with Crippen LogP contribution in [0.2, 0.25) is 0 Å². The summed E-state index contributed by atoms with van der Waals surface area (Å²) in [5.74, 6) is 4.94. The minimum absolute atomic E-state index is 0.357. The number of hydrogen-bond acceptors (Lipinski definition) is 4. The van der Waals surface area contributed by atoms with E-state index in [1.165, 1.54) is 12.8 Å². The van der Waals surface area contributed by atoms with Crippen LogP contribution < -0.4 is 10.2 Å². The fourth-order valence-corrected chi connectivity index (χ4v) is 2.80. The number of nitrogens with zero attached hydrogens (tertiary/aromatic N) is 3. The van der Waals surface area contributed by atoms with E-state index in [0.29, 0.717) is 5.92 Å². The topological polar surface area (TPSA) is 41.0 Å². The first kappa shape index (κ1) is 15.1. The molecular weight excluding hydrogens is 248 g/mol. The van der Waals surface area contributed by atoms with Gasteiger partial charge in [-0.05, 0) is 24.7 Å². The van der Waals surface area contributed by atoms with E-state index in [9.17, 15) is 0 Å². The van der Waals surface area contributed by atoms with E-state index >= 15 is 0 Å². The highest BCUT2D eigenvalue weighted by Crippen LogP contribution is 2.28. The van der Waals surface area contributed by atoms with Crippen molar-refractivity contribution in [3.8, 4) is 0 Å². The summed E-state index contributed by atoms with van der Waals surface area (Å²) in [6.07, 6.45) is 2.54. The molecule has 20 heavy (non-hydrogen) atoms. The molecule has 0 amide bonds. The summed E-state index contributed by atoms with van der Waals surface area (Å²) in [5.41, 5.74) is 0. The lowest BCUT2D eigenvalue weighted by Gasteiger charge is -2.34. The molecule has 4 nitrogen and oxygen atoms in total. The summed E-state index contributed by atoms with van der Waals surface area (Å²) in [6.45, 7) is 11.2. The molecule has 1 aliphatic heterocycles. The number of hydrogen-bond donors (Lipinski definition) is 1. The Morgan fingerprint density at radius 1 is 1.15 bits per heavy atom. The second-order valence-electron chi connectivity index (χ2n) is 6.44. The number of anilines is 2.